The van der Waals surface area contributed by atoms with Crippen LogP contribution in [0.1, 0.15) is 45.7 Å². The minimum Gasteiger partial charge on any atom is -0.368 e. The highest BCUT2D eigenvalue weighted by atomic mass is 16.5. The van der Waals surface area contributed by atoms with Crippen molar-refractivity contribution >= 4 is 5.91 Å². The number of carbonyl (C=O) groups is 1. The van der Waals surface area contributed by atoms with Crippen LogP contribution in [0.5, 0.6) is 0 Å². The van der Waals surface area contributed by atoms with E-state index in [0.717, 1.165) is 29.1 Å². The van der Waals surface area contributed by atoms with Crippen molar-refractivity contribution in [2.45, 2.75) is 38.7 Å². The molecule has 0 radical (unpaired) electrons. The normalized spacial score (nSPS) is 17.4. The Bertz CT molecular complexity index is 1230. The fourth-order valence-corrected chi connectivity index (χ4v) is 4.96. The predicted octanol–water partition coefficient (Wildman–Crippen LogP) is 2.89. The number of fused-ring (bicyclic) bond motifs is 2. The molecule has 1 aromatic carbocycles. The van der Waals surface area contributed by atoms with Gasteiger partial charge in [-0.05, 0) is 62.4 Å². The van der Waals surface area contributed by atoms with Gasteiger partial charge >= 0.3 is 0 Å². The third-order valence-electron chi connectivity index (χ3n) is 6.93. The molecule has 0 aliphatic carbocycles. The van der Waals surface area contributed by atoms with Gasteiger partial charge in [-0.3, -0.25) is 9.59 Å². The zero-order valence-corrected chi connectivity index (χ0v) is 18.8. The second kappa shape index (κ2) is 7.74. The molecule has 0 bridgehead atoms. The Labute approximate surface area is 187 Å². The Morgan fingerprint density at radius 2 is 1.84 bits per heavy atom. The van der Waals surface area contributed by atoms with E-state index < -0.39 is 5.60 Å². The lowest BCUT2D eigenvalue weighted by Crippen LogP contribution is -2.49. The molecule has 1 spiro atoms. The van der Waals surface area contributed by atoms with E-state index in [9.17, 15) is 9.59 Å². The first kappa shape index (κ1) is 20.7. The van der Waals surface area contributed by atoms with Gasteiger partial charge in [-0.2, -0.15) is 5.10 Å². The van der Waals surface area contributed by atoms with E-state index in [0.29, 0.717) is 32.5 Å². The van der Waals surface area contributed by atoms with Gasteiger partial charge in [0.1, 0.15) is 11.2 Å². The Kier molecular flexibility index (Phi) is 5.01. The summed E-state index contributed by atoms with van der Waals surface area (Å²) in [7, 11) is 1.71. The summed E-state index contributed by atoms with van der Waals surface area (Å²) in [6, 6.07) is 12.0. The van der Waals surface area contributed by atoms with Gasteiger partial charge < -0.3 is 14.2 Å². The van der Waals surface area contributed by atoms with Crippen LogP contribution in [0.2, 0.25) is 0 Å². The number of carbonyl (C=O) groups excluding carboxylic acids is 1. The van der Waals surface area contributed by atoms with Crippen molar-refractivity contribution in [3.8, 4) is 5.69 Å². The molecule has 0 atom stereocenters. The van der Waals surface area contributed by atoms with E-state index in [1.807, 2.05) is 54.9 Å². The maximum absolute atomic E-state index is 13.3. The van der Waals surface area contributed by atoms with Gasteiger partial charge in [-0.25, -0.2) is 4.68 Å². The number of pyridine rings is 1. The van der Waals surface area contributed by atoms with Gasteiger partial charge in [0.15, 0.2) is 0 Å². The van der Waals surface area contributed by atoms with Crippen LogP contribution >= 0.6 is 0 Å². The molecule has 0 unspecified atom stereocenters. The second-order valence-electron chi connectivity index (χ2n) is 8.88. The summed E-state index contributed by atoms with van der Waals surface area (Å²) in [6.45, 7) is 5.43. The number of nitrogens with zero attached hydrogens (tertiary/aromatic N) is 4. The van der Waals surface area contributed by atoms with Crippen LogP contribution in [0, 0.1) is 13.8 Å². The molecular formula is C25H28N4O3. The van der Waals surface area contributed by atoms with Crippen LogP contribution in [0.3, 0.4) is 0 Å². The molecule has 0 N–H and O–H groups in total. The minimum absolute atomic E-state index is 0.191. The molecule has 2 aromatic heterocycles. The molecule has 0 saturated carbocycles. The summed E-state index contributed by atoms with van der Waals surface area (Å²) in [4.78, 5) is 27.8. The van der Waals surface area contributed by atoms with Gasteiger partial charge in [0.05, 0.1) is 18.0 Å². The average Bonchev–Trinajstić information content (AvgIpc) is 3.25. The van der Waals surface area contributed by atoms with E-state index >= 15 is 0 Å². The van der Waals surface area contributed by atoms with Crippen LogP contribution in [-0.4, -0.2) is 44.9 Å². The third kappa shape index (κ3) is 3.28. The van der Waals surface area contributed by atoms with Crippen LogP contribution in [0.4, 0.5) is 0 Å². The lowest BCUT2D eigenvalue weighted by molar-refractivity contribution is -0.0963. The molecular weight excluding hydrogens is 404 g/mol. The topological polar surface area (TPSA) is 69.4 Å². The second-order valence-corrected chi connectivity index (χ2v) is 8.88. The molecule has 7 heteroatoms. The van der Waals surface area contributed by atoms with Crippen molar-refractivity contribution in [3.05, 3.63) is 81.0 Å². The molecule has 2 aliphatic rings. The summed E-state index contributed by atoms with van der Waals surface area (Å²) in [5.41, 5.74) is 4.36. The zero-order chi connectivity index (χ0) is 22.5. The number of amides is 1. The number of likely N-dealkylation sites (tertiary alicyclic amines) is 1. The monoisotopic (exact) mass is 432 g/mol. The van der Waals surface area contributed by atoms with Crippen molar-refractivity contribution in [1.29, 1.82) is 0 Å². The number of hydrogen-bond acceptors (Lipinski definition) is 4. The van der Waals surface area contributed by atoms with Crippen LogP contribution < -0.4 is 5.56 Å². The van der Waals surface area contributed by atoms with Crippen molar-refractivity contribution < 1.29 is 9.53 Å². The first-order chi connectivity index (χ1) is 15.4. The van der Waals surface area contributed by atoms with Gasteiger partial charge in [-0.1, -0.05) is 18.2 Å². The van der Waals surface area contributed by atoms with E-state index in [-0.39, 0.29) is 17.0 Å². The number of benzene rings is 1. The number of aromatic nitrogens is 3. The largest absolute Gasteiger partial charge is 0.368 e. The Hall–Kier alpha value is -3.19. The lowest BCUT2D eigenvalue weighted by atomic mass is 9.83. The van der Waals surface area contributed by atoms with Crippen molar-refractivity contribution in [2.75, 3.05) is 19.7 Å². The van der Waals surface area contributed by atoms with E-state index in [1.54, 1.807) is 16.5 Å². The molecule has 3 aromatic rings. The fraction of sp³-hybridized carbons (Fsp3) is 0.400. The Balaban J connectivity index is 1.40. The molecule has 1 saturated heterocycles. The summed E-state index contributed by atoms with van der Waals surface area (Å²) in [5, 5.41) is 4.91. The number of hydrogen-bond donors (Lipinski definition) is 0. The molecule has 1 fully saturated rings. The van der Waals surface area contributed by atoms with Crippen LogP contribution in [-0.2, 0) is 23.8 Å². The number of ether oxygens (including phenoxy) is 1. The van der Waals surface area contributed by atoms with Gasteiger partial charge in [0.25, 0.3) is 11.5 Å². The summed E-state index contributed by atoms with van der Waals surface area (Å²) < 4.78 is 9.79. The molecule has 2 aliphatic heterocycles. The minimum atomic E-state index is -0.475. The van der Waals surface area contributed by atoms with Crippen molar-refractivity contribution in [3.63, 3.8) is 0 Å². The highest BCUT2D eigenvalue weighted by Gasteiger charge is 2.44. The first-order valence-corrected chi connectivity index (χ1v) is 11.1. The number of aryl methyl sites for hydroxylation is 2. The highest BCUT2D eigenvalue weighted by Crippen LogP contribution is 2.41. The Morgan fingerprint density at radius 1 is 1.12 bits per heavy atom. The smallest absolute Gasteiger partial charge is 0.263 e. The lowest BCUT2D eigenvalue weighted by Gasteiger charge is -2.43. The first-order valence-electron chi connectivity index (χ1n) is 11.1. The predicted molar refractivity (Wildman–Crippen MR) is 121 cm³/mol. The fourth-order valence-electron chi connectivity index (χ4n) is 4.96. The van der Waals surface area contributed by atoms with Crippen LogP contribution in [0.15, 0.2) is 47.4 Å². The van der Waals surface area contributed by atoms with Gasteiger partial charge in [0.2, 0.25) is 0 Å². The van der Waals surface area contributed by atoms with E-state index in [2.05, 4.69) is 6.20 Å². The molecule has 1 amide bonds. The molecule has 32 heavy (non-hydrogen) atoms. The van der Waals surface area contributed by atoms with E-state index in [1.165, 1.54) is 5.56 Å². The quantitative estimate of drug-likeness (QED) is 0.624. The standard InChI is InChI=1S/C25H28N4O3/c1-17-15-18(2)27(3)23(30)21(17)24(31)28-12-10-25(11-13-28)22-19(9-14-32-25)16-29(26-22)20-7-5-4-6-8-20/h4-8,15-16H,9-14H2,1-3H3. The zero-order valence-electron chi connectivity index (χ0n) is 18.8. The summed E-state index contributed by atoms with van der Waals surface area (Å²) in [6.07, 6.45) is 4.28. The SMILES string of the molecule is Cc1cc(C)n(C)c(=O)c1C(=O)N1CCC2(CC1)OCCc1cn(-c3ccccc3)nc12. The summed E-state index contributed by atoms with van der Waals surface area (Å²) >= 11 is 0. The van der Waals surface area contributed by atoms with E-state index in [4.69, 9.17) is 9.84 Å². The average molecular weight is 433 g/mol. The van der Waals surface area contributed by atoms with Crippen molar-refractivity contribution in [1.82, 2.24) is 19.2 Å². The maximum atomic E-state index is 13.3. The van der Waals surface area contributed by atoms with Gasteiger partial charge in [-0.15, -0.1) is 0 Å². The number of rotatable bonds is 2. The molecule has 166 valence electrons. The third-order valence-corrected chi connectivity index (χ3v) is 6.93. The van der Waals surface area contributed by atoms with Crippen LogP contribution in [0.25, 0.3) is 5.69 Å². The number of piperidine rings is 1. The Morgan fingerprint density at radius 3 is 2.56 bits per heavy atom. The highest BCUT2D eigenvalue weighted by molar-refractivity contribution is 5.95. The van der Waals surface area contributed by atoms with Gasteiger partial charge in [0, 0.05) is 32.0 Å². The maximum Gasteiger partial charge on any atom is 0.263 e. The summed E-state index contributed by atoms with van der Waals surface area (Å²) in [5.74, 6) is -0.191. The number of para-hydroxylation sites is 1. The molecule has 7 nitrogen and oxygen atoms in total. The molecule has 5 rings (SSSR count). The molecule has 4 heterocycles. The van der Waals surface area contributed by atoms with Crippen molar-refractivity contribution in [2.24, 2.45) is 7.05 Å².